The Bertz CT molecular complexity index is 595. The van der Waals surface area contributed by atoms with Crippen LogP contribution in [0.1, 0.15) is 219 Å². The topological polar surface area (TPSA) is 112 Å². The van der Waals surface area contributed by atoms with Gasteiger partial charge in [-0.15, -0.1) is 9.15 Å². The summed E-state index contributed by atoms with van der Waals surface area (Å²) in [5, 5.41) is 0. The van der Waals surface area contributed by atoms with E-state index in [4.69, 9.17) is 0 Å². The molecule has 0 aliphatic rings. The maximum atomic E-state index is 11.8. The van der Waals surface area contributed by atoms with Crippen LogP contribution in [0.2, 0.25) is 0 Å². The Morgan fingerprint density at radius 2 is 0.578 bits per heavy atom. The van der Waals surface area contributed by atoms with E-state index in [2.05, 4.69) is 32.8 Å². The van der Waals surface area contributed by atoms with Gasteiger partial charge in [-0.25, -0.2) is 9.59 Å². The van der Waals surface area contributed by atoms with Gasteiger partial charge in [0, 0.05) is 12.8 Å². The molecule has 0 aromatic rings. The minimum atomic E-state index is -4.89. The fourth-order valence-electron chi connectivity index (χ4n) is 5.58. The van der Waals surface area contributed by atoms with E-state index >= 15 is 0 Å². The fourth-order valence-corrected chi connectivity index (χ4v) is 6.01. The van der Waals surface area contributed by atoms with Gasteiger partial charge in [-0.3, -0.25) is 0 Å². The molecule has 0 heterocycles. The minimum absolute atomic E-state index is 0.113. The fraction of sp³-hybridized carbons (Fsp3) is 0.944. The van der Waals surface area contributed by atoms with E-state index in [0.29, 0.717) is 12.8 Å². The van der Waals surface area contributed by atoms with Crippen LogP contribution in [-0.2, 0) is 28.5 Å². The van der Waals surface area contributed by atoms with Crippen molar-refractivity contribution >= 4 is 21.0 Å². The zero-order valence-electron chi connectivity index (χ0n) is 29.5. The maximum Gasteiger partial charge on any atom is 0.749 e. The molecule has 0 atom stereocenters. The van der Waals surface area contributed by atoms with Crippen LogP contribution < -0.4 is 0 Å². The lowest BCUT2D eigenvalue weighted by molar-refractivity contribution is -0.304. The van der Waals surface area contributed by atoms with Crippen molar-refractivity contribution in [3.63, 3.8) is 0 Å². The Morgan fingerprint density at radius 3 is 0.800 bits per heavy atom. The second-order valence-corrected chi connectivity index (χ2v) is 14.5. The van der Waals surface area contributed by atoms with E-state index in [0.717, 1.165) is 38.5 Å². The molecule has 0 rings (SSSR count). The van der Waals surface area contributed by atoms with Crippen LogP contribution in [0.15, 0.2) is 0 Å². The van der Waals surface area contributed by atoms with Gasteiger partial charge in [0.2, 0.25) is 0 Å². The Kier molecular flexibility index (Phi) is 33.6. The molecule has 0 fully saturated rings. The lowest BCUT2D eigenvalue weighted by atomic mass is 10.0. The molecular weight excluding hydrogens is 588 g/mol. The summed E-state index contributed by atoms with van der Waals surface area (Å²) in [6.07, 6.45) is 37.2. The van der Waals surface area contributed by atoms with Crippen LogP contribution in [0, 0.1) is 0 Å². The zero-order chi connectivity index (χ0) is 33.1. The van der Waals surface area contributed by atoms with Crippen molar-refractivity contribution in [3.05, 3.63) is 0 Å². The predicted octanol–water partition coefficient (Wildman–Crippen LogP) is 10.9. The molecule has 9 heteroatoms. The highest BCUT2D eigenvalue weighted by Gasteiger charge is 2.44. The monoisotopic (exact) mass is 660 g/mol. The van der Waals surface area contributed by atoms with Crippen molar-refractivity contribution in [2.75, 3.05) is 0 Å². The summed E-state index contributed by atoms with van der Waals surface area (Å²) in [5.41, 5.74) is 0. The number of carbonyl (C=O) groups is 2. The molecule has 0 aromatic carbocycles. The Morgan fingerprint density at radius 1 is 0.378 bits per heavy atom. The molecule has 0 saturated carbocycles. The van der Waals surface area contributed by atoms with Crippen molar-refractivity contribution < 1.29 is 38.1 Å². The molecule has 0 radical (unpaired) electrons. The number of hydrogen-bond acceptors (Lipinski definition) is 8. The SMILES string of the molecule is CCCCCCCCCCCCCCCCCC(=O)OO[Si](O)(O)OOC(=O)CCCCCCCCCCCCCCCCC. The summed E-state index contributed by atoms with van der Waals surface area (Å²) >= 11 is 0. The average Bonchev–Trinajstić information content (AvgIpc) is 3.03. The first kappa shape index (κ1) is 44.0. The van der Waals surface area contributed by atoms with E-state index in [1.807, 2.05) is 0 Å². The van der Waals surface area contributed by atoms with Crippen LogP contribution in [-0.4, -0.2) is 30.6 Å². The summed E-state index contributed by atoms with van der Waals surface area (Å²) < 4.78 is 8.70. The Labute approximate surface area is 278 Å². The third kappa shape index (κ3) is 35.7. The smallest absolute Gasteiger partial charge is 0.364 e. The lowest BCUT2D eigenvalue weighted by Crippen LogP contribution is -2.44. The number of unbranched alkanes of at least 4 members (excludes halogenated alkanes) is 28. The van der Waals surface area contributed by atoms with Gasteiger partial charge in [0.25, 0.3) is 0 Å². The van der Waals surface area contributed by atoms with E-state index < -0.39 is 21.0 Å². The first-order valence-electron chi connectivity index (χ1n) is 19.1. The van der Waals surface area contributed by atoms with Gasteiger partial charge in [0.1, 0.15) is 0 Å². The van der Waals surface area contributed by atoms with Crippen LogP contribution in [0.5, 0.6) is 0 Å². The quantitative estimate of drug-likeness (QED) is 0.0295. The van der Waals surface area contributed by atoms with Crippen molar-refractivity contribution in [2.45, 2.75) is 219 Å². The summed E-state index contributed by atoms with van der Waals surface area (Å²) in [6.45, 7) is 4.51. The summed E-state index contributed by atoms with van der Waals surface area (Å²) in [7, 11) is -4.89. The second kappa shape index (κ2) is 34.3. The number of rotatable bonds is 36. The first-order chi connectivity index (χ1) is 21.9. The molecule has 45 heavy (non-hydrogen) atoms. The first-order valence-corrected chi connectivity index (χ1v) is 20.8. The highest BCUT2D eigenvalue weighted by molar-refractivity contribution is 6.49. The van der Waals surface area contributed by atoms with Gasteiger partial charge in [-0.2, -0.15) is 0 Å². The molecule has 0 aromatic heterocycles. The molecular formula is C36H72O8Si. The number of carbonyl (C=O) groups excluding carboxylic acids is 2. The molecule has 2 N–H and O–H groups in total. The van der Waals surface area contributed by atoms with Gasteiger partial charge < -0.3 is 19.4 Å². The van der Waals surface area contributed by atoms with Crippen LogP contribution in [0.4, 0.5) is 0 Å². The van der Waals surface area contributed by atoms with Crippen LogP contribution in [0.3, 0.4) is 0 Å². The molecule has 0 bridgehead atoms. The van der Waals surface area contributed by atoms with E-state index in [9.17, 15) is 19.2 Å². The molecule has 268 valence electrons. The average molecular weight is 661 g/mol. The van der Waals surface area contributed by atoms with Gasteiger partial charge >= 0.3 is 21.0 Å². The Hall–Kier alpha value is -1.00. The third-order valence-electron chi connectivity index (χ3n) is 8.46. The molecule has 0 aliphatic heterocycles. The maximum absolute atomic E-state index is 11.8. The van der Waals surface area contributed by atoms with Crippen molar-refractivity contribution in [1.29, 1.82) is 0 Å². The molecule has 0 aliphatic carbocycles. The third-order valence-corrected chi connectivity index (χ3v) is 9.06. The second-order valence-electron chi connectivity index (χ2n) is 13.0. The van der Waals surface area contributed by atoms with Gasteiger partial charge in [-0.1, -0.05) is 194 Å². The van der Waals surface area contributed by atoms with Crippen LogP contribution in [0.25, 0.3) is 0 Å². The summed E-state index contributed by atoms with van der Waals surface area (Å²) in [4.78, 5) is 52.0. The van der Waals surface area contributed by atoms with Gasteiger partial charge in [0.15, 0.2) is 0 Å². The predicted molar refractivity (Wildman–Crippen MR) is 184 cm³/mol. The zero-order valence-corrected chi connectivity index (χ0v) is 30.5. The highest BCUT2D eigenvalue weighted by Crippen LogP contribution is 2.16. The van der Waals surface area contributed by atoms with E-state index in [1.165, 1.54) is 141 Å². The van der Waals surface area contributed by atoms with Crippen molar-refractivity contribution in [2.24, 2.45) is 0 Å². The standard InChI is InChI=1S/C36H72O8Si/c1-3-5-7-9-11-13-15-17-19-21-23-25-27-29-31-33-35(37)41-43-45(39,40)44-42-36(38)34-32-30-28-26-24-22-20-18-16-14-12-10-8-6-4-2/h39-40H,3-34H2,1-2H3. The molecule has 0 amide bonds. The van der Waals surface area contributed by atoms with E-state index in [-0.39, 0.29) is 12.8 Å². The molecule has 0 spiro atoms. The van der Waals surface area contributed by atoms with Crippen molar-refractivity contribution in [3.8, 4) is 0 Å². The largest absolute Gasteiger partial charge is 0.749 e. The highest BCUT2D eigenvalue weighted by atomic mass is 28.4. The normalized spacial score (nSPS) is 11.6. The van der Waals surface area contributed by atoms with Crippen molar-refractivity contribution in [1.82, 2.24) is 0 Å². The molecule has 0 unspecified atom stereocenters. The van der Waals surface area contributed by atoms with Gasteiger partial charge in [-0.05, 0) is 12.8 Å². The summed E-state index contributed by atoms with van der Waals surface area (Å²) in [5.74, 6) is -1.42. The molecule has 0 saturated heterocycles. The lowest BCUT2D eigenvalue weighted by Gasteiger charge is -2.13. The van der Waals surface area contributed by atoms with E-state index in [1.54, 1.807) is 0 Å². The van der Waals surface area contributed by atoms with Gasteiger partial charge in [0.05, 0.1) is 0 Å². The number of hydrogen-bond donors (Lipinski definition) is 2. The van der Waals surface area contributed by atoms with Crippen LogP contribution >= 0.6 is 0 Å². The molecule has 8 nitrogen and oxygen atoms in total. The summed E-state index contributed by atoms with van der Waals surface area (Å²) in [6, 6.07) is 0. The Balaban J connectivity index is 3.50. The minimum Gasteiger partial charge on any atom is -0.364 e.